The van der Waals surface area contributed by atoms with Crippen LogP contribution in [0.1, 0.15) is 0 Å². The van der Waals surface area contributed by atoms with Crippen molar-refractivity contribution in [2.75, 3.05) is 6.26 Å². The summed E-state index contributed by atoms with van der Waals surface area (Å²) in [5.41, 5.74) is 0. The summed E-state index contributed by atoms with van der Waals surface area (Å²) in [5, 5.41) is 0. The predicted molar refractivity (Wildman–Crippen MR) is 29.2 cm³/mol. The first-order chi connectivity index (χ1) is 1.73. The van der Waals surface area contributed by atoms with Crippen LogP contribution in [0.3, 0.4) is 0 Å². The van der Waals surface area contributed by atoms with Crippen molar-refractivity contribution in [3.63, 3.8) is 0 Å². The molecular formula is CH5BS2. The Morgan fingerprint density at radius 1 is 2.00 bits per heavy atom. The molecule has 4 heavy (non-hydrogen) atoms. The van der Waals surface area contributed by atoms with Crippen molar-refractivity contribution in [3.8, 4) is 0 Å². The molecule has 0 fully saturated rings. The maximum absolute atomic E-state index is 4.57. The zero-order chi connectivity index (χ0) is 3.58. The summed E-state index contributed by atoms with van der Waals surface area (Å²) < 4.78 is 0. The second kappa shape index (κ2) is 1.91. The van der Waals surface area contributed by atoms with Crippen LogP contribution in [-0.4, -0.2) is 13.0 Å². The molecule has 0 bridgehead atoms. The van der Waals surface area contributed by atoms with E-state index in [0.29, 0.717) is 0 Å². The second-order valence-corrected chi connectivity index (χ2v) is 3.75. The minimum absolute atomic E-state index is 0.287. The number of rotatable bonds is 0. The van der Waals surface area contributed by atoms with Crippen molar-refractivity contribution in [2.45, 2.75) is 0 Å². The Morgan fingerprint density at radius 3 is 2.00 bits per heavy atom. The first-order valence-electron chi connectivity index (χ1n) is 0.946. The van der Waals surface area contributed by atoms with Gasteiger partial charge in [-0.05, 0) is 0 Å². The molecule has 0 aromatic carbocycles. The standard InChI is InChI=1S/CH5BS2/c1-4(2)3/h2,4H,1H3. The molecule has 0 aliphatic carbocycles. The van der Waals surface area contributed by atoms with E-state index in [4.69, 9.17) is 0 Å². The van der Waals surface area contributed by atoms with E-state index in [0.717, 1.165) is 0 Å². The van der Waals surface area contributed by atoms with Gasteiger partial charge in [-0.15, -0.1) is 0 Å². The molecule has 0 aromatic rings. The van der Waals surface area contributed by atoms with Crippen LogP contribution in [0.2, 0.25) is 0 Å². The van der Waals surface area contributed by atoms with Crippen LogP contribution in [0.15, 0.2) is 0 Å². The van der Waals surface area contributed by atoms with Gasteiger partial charge in [0.1, 0.15) is 0 Å². The van der Waals surface area contributed by atoms with Gasteiger partial charge in [0.25, 0.3) is 0 Å². The van der Waals surface area contributed by atoms with Crippen molar-refractivity contribution < 1.29 is 0 Å². The number of hydrogen-bond donors (Lipinski definition) is 1. The molecule has 0 amide bonds. The predicted octanol–water partition coefficient (Wildman–Crippen LogP) is -0.756. The molecule has 0 radical (unpaired) electrons. The summed E-state index contributed by atoms with van der Waals surface area (Å²) in [5.74, 6) is 0. The molecule has 0 aliphatic heterocycles. The van der Waals surface area contributed by atoms with Gasteiger partial charge < -0.3 is 0 Å². The third-order valence-corrected chi connectivity index (χ3v) is 0. The maximum atomic E-state index is 4.57. The normalized spacial score (nSPS) is 15.0. The fourth-order valence-corrected chi connectivity index (χ4v) is 0. The van der Waals surface area contributed by atoms with Crippen molar-refractivity contribution in [2.24, 2.45) is 0 Å². The summed E-state index contributed by atoms with van der Waals surface area (Å²) >= 11 is 4.57. The van der Waals surface area contributed by atoms with E-state index in [-0.39, 0.29) is 8.88 Å². The molecular weight excluding hydrogens is 87.0 g/mol. The first-order valence-corrected chi connectivity index (χ1v) is 3.93. The van der Waals surface area contributed by atoms with Gasteiger partial charge in [-0.3, -0.25) is 0 Å². The Kier molecular flexibility index (Phi) is 2.21. The molecule has 0 aromatic heterocycles. The van der Waals surface area contributed by atoms with E-state index >= 15 is 0 Å². The molecule has 0 nitrogen and oxygen atoms in total. The van der Waals surface area contributed by atoms with Crippen LogP contribution in [0.5, 0.6) is 0 Å². The van der Waals surface area contributed by atoms with Gasteiger partial charge in [-0.25, -0.2) is 0 Å². The SMILES string of the molecule is B=[SH](C)=S. The summed E-state index contributed by atoms with van der Waals surface area (Å²) in [7, 11) is -0.287. The van der Waals surface area contributed by atoms with E-state index in [1.807, 2.05) is 6.26 Å². The fraction of sp³-hybridized carbons (Fsp3) is 1.00. The van der Waals surface area contributed by atoms with Gasteiger partial charge in [0, 0.05) is 0 Å². The summed E-state index contributed by atoms with van der Waals surface area (Å²) in [6.45, 7) is 3.52. The third kappa shape index (κ3) is 17.5. The number of thiol groups is 1. The molecule has 0 spiro atoms. The van der Waals surface area contributed by atoms with Gasteiger partial charge >= 0.3 is 33.0 Å². The fourth-order valence-electron chi connectivity index (χ4n) is 0. The minimum atomic E-state index is -0.287. The summed E-state index contributed by atoms with van der Waals surface area (Å²) in [6.07, 6.45) is 1.94. The quantitative estimate of drug-likeness (QED) is 0.303. The average molecular weight is 92.0 g/mol. The Hall–Kier alpha value is 0.635. The molecule has 3 heteroatoms. The third-order valence-electron chi connectivity index (χ3n) is 0. The molecule has 0 N–H and O–H groups in total. The van der Waals surface area contributed by atoms with Gasteiger partial charge in [-0.2, -0.15) is 0 Å². The van der Waals surface area contributed by atoms with E-state index in [2.05, 4.69) is 17.9 Å². The van der Waals surface area contributed by atoms with Gasteiger partial charge in [0.15, 0.2) is 0 Å². The molecule has 0 saturated heterocycles. The monoisotopic (exact) mass is 92.0 g/mol. The molecule has 24 valence electrons. The van der Waals surface area contributed by atoms with Crippen LogP contribution in [0.25, 0.3) is 0 Å². The molecule has 1 unspecified atom stereocenters. The average Bonchev–Trinajstić information content (AvgIpc) is 0.811. The van der Waals surface area contributed by atoms with E-state index in [1.54, 1.807) is 0 Å². The zero-order valence-electron chi connectivity index (χ0n) is 2.56. The van der Waals surface area contributed by atoms with E-state index in [9.17, 15) is 0 Å². The van der Waals surface area contributed by atoms with Crippen LogP contribution in [0, 0.1) is 0 Å². The van der Waals surface area contributed by atoms with Crippen molar-refractivity contribution in [1.82, 2.24) is 0 Å². The molecule has 0 rings (SSSR count). The van der Waals surface area contributed by atoms with Crippen LogP contribution < -0.4 is 0 Å². The molecule has 0 heterocycles. The number of hydrogen-bond acceptors (Lipinski definition) is 1. The van der Waals surface area contributed by atoms with Crippen LogP contribution in [-0.2, 0) is 20.1 Å². The molecule has 1 atom stereocenters. The first kappa shape index (κ1) is 4.63. The van der Waals surface area contributed by atoms with E-state index in [1.165, 1.54) is 0 Å². The molecule has 0 saturated carbocycles. The zero-order valence-corrected chi connectivity index (χ0v) is 4.27. The second-order valence-electron chi connectivity index (χ2n) is 0.628. The summed E-state index contributed by atoms with van der Waals surface area (Å²) in [6, 6.07) is 0. The summed E-state index contributed by atoms with van der Waals surface area (Å²) in [4.78, 5) is 0. The van der Waals surface area contributed by atoms with Crippen molar-refractivity contribution >= 4 is 26.8 Å². The van der Waals surface area contributed by atoms with Crippen LogP contribution >= 0.6 is 0 Å². The molecule has 0 aliphatic rings. The van der Waals surface area contributed by atoms with Gasteiger partial charge in [0.2, 0.25) is 0 Å². The topological polar surface area (TPSA) is 0 Å². The Bertz CT molecular complexity index is 54.4. The van der Waals surface area contributed by atoms with Gasteiger partial charge in [0.05, 0.1) is 0 Å². The van der Waals surface area contributed by atoms with Gasteiger partial charge in [-0.1, -0.05) is 0 Å². The Balaban J connectivity index is 3.51. The van der Waals surface area contributed by atoms with E-state index < -0.39 is 0 Å². The van der Waals surface area contributed by atoms with Crippen molar-refractivity contribution in [3.05, 3.63) is 0 Å². The van der Waals surface area contributed by atoms with Crippen LogP contribution in [0.4, 0.5) is 0 Å². The Labute approximate surface area is 33.7 Å². The Morgan fingerprint density at radius 2 is 2.00 bits per heavy atom. The van der Waals surface area contributed by atoms with Crippen molar-refractivity contribution in [1.29, 1.82) is 0 Å².